The van der Waals surface area contributed by atoms with Gasteiger partial charge in [-0.2, -0.15) is 0 Å². The lowest BCUT2D eigenvalue weighted by Gasteiger charge is -2.17. The minimum Gasteiger partial charge on any atom is -0.456 e. The molecular weight excluding hydrogens is 355 g/mol. The molecule has 0 aliphatic heterocycles. The lowest BCUT2D eigenvalue weighted by atomic mass is 10.1. The Hall–Kier alpha value is -2.40. The second-order valence-electron chi connectivity index (χ2n) is 5.37. The molecule has 0 unspecified atom stereocenters. The molecule has 136 valence electrons. The minimum absolute atomic E-state index is 0.172. The first-order valence-corrected chi connectivity index (χ1v) is 9.73. The molecule has 0 N–H and O–H groups in total. The fourth-order valence-corrected chi connectivity index (χ4v) is 3.66. The number of benzene rings is 2. The second kappa shape index (κ2) is 7.87. The van der Waals surface area contributed by atoms with Crippen LogP contribution in [0.2, 0.25) is 0 Å². The van der Waals surface area contributed by atoms with Crippen molar-refractivity contribution in [2.24, 2.45) is 0 Å². The lowest BCUT2D eigenvalue weighted by molar-refractivity contribution is 0.167. The average Bonchev–Trinajstić information content (AvgIpc) is 2.62. The van der Waals surface area contributed by atoms with Gasteiger partial charge in [-0.25, -0.2) is 4.57 Å². The molecule has 7 heteroatoms. The smallest absolute Gasteiger partial charge is 0.456 e. The lowest BCUT2D eigenvalue weighted by Crippen LogP contribution is -2.03. The standard InChI is InChI=1S/C19H19O6P/c1-3-22-26(21,23-4-2)25-15-10-11-16-17(20)13-18(24-19(16)12-15)14-8-6-5-7-9-14/h5-13H,3-4H2,1-2H3. The van der Waals surface area contributed by atoms with Gasteiger partial charge in [0.05, 0.1) is 18.6 Å². The number of hydrogen-bond acceptors (Lipinski definition) is 6. The van der Waals surface area contributed by atoms with Gasteiger partial charge in [-0.1, -0.05) is 30.3 Å². The minimum atomic E-state index is -3.72. The van der Waals surface area contributed by atoms with Crippen molar-refractivity contribution in [3.63, 3.8) is 0 Å². The van der Waals surface area contributed by atoms with Gasteiger partial charge in [-0.3, -0.25) is 13.8 Å². The van der Waals surface area contributed by atoms with E-state index in [1.54, 1.807) is 19.9 Å². The zero-order valence-corrected chi connectivity index (χ0v) is 15.4. The molecule has 0 saturated heterocycles. The highest BCUT2D eigenvalue weighted by molar-refractivity contribution is 7.48. The van der Waals surface area contributed by atoms with Crippen LogP contribution in [0.3, 0.4) is 0 Å². The van der Waals surface area contributed by atoms with Gasteiger partial charge in [0.25, 0.3) is 0 Å². The largest absolute Gasteiger partial charge is 0.530 e. The first-order chi connectivity index (χ1) is 12.5. The van der Waals surface area contributed by atoms with Gasteiger partial charge >= 0.3 is 7.82 Å². The van der Waals surface area contributed by atoms with E-state index in [1.807, 2.05) is 30.3 Å². The summed E-state index contributed by atoms with van der Waals surface area (Å²) in [5, 5.41) is 0.402. The van der Waals surface area contributed by atoms with Crippen LogP contribution in [0.4, 0.5) is 0 Å². The maximum Gasteiger partial charge on any atom is 0.530 e. The van der Waals surface area contributed by atoms with E-state index in [4.69, 9.17) is 18.0 Å². The number of phosphoric acid groups is 1. The maximum atomic E-state index is 12.5. The van der Waals surface area contributed by atoms with Gasteiger partial charge in [0.1, 0.15) is 17.1 Å². The van der Waals surface area contributed by atoms with Gasteiger partial charge in [-0.15, -0.1) is 0 Å². The third-order valence-corrected chi connectivity index (χ3v) is 5.13. The molecule has 26 heavy (non-hydrogen) atoms. The summed E-state index contributed by atoms with van der Waals surface area (Å²) in [5.41, 5.74) is 0.940. The van der Waals surface area contributed by atoms with Crippen molar-refractivity contribution in [1.82, 2.24) is 0 Å². The molecule has 3 aromatic rings. The normalized spacial score (nSPS) is 11.6. The fraction of sp³-hybridized carbons (Fsp3) is 0.211. The van der Waals surface area contributed by atoms with E-state index < -0.39 is 7.82 Å². The molecule has 0 fully saturated rings. The van der Waals surface area contributed by atoms with Gasteiger partial charge in [0.15, 0.2) is 5.43 Å². The quantitative estimate of drug-likeness (QED) is 0.541. The third-order valence-electron chi connectivity index (χ3n) is 3.55. The molecule has 0 aliphatic rings. The van der Waals surface area contributed by atoms with Crippen molar-refractivity contribution >= 4 is 18.8 Å². The zero-order chi connectivity index (χ0) is 18.6. The Morgan fingerprint density at radius 1 is 0.962 bits per heavy atom. The molecule has 0 spiro atoms. The van der Waals surface area contributed by atoms with E-state index in [-0.39, 0.29) is 24.4 Å². The Morgan fingerprint density at radius 2 is 1.65 bits per heavy atom. The summed E-state index contributed by atoms with van der Waals surface area (Å²) >= 11 is 0. The Morgan fingerprint density at radius 3 is 2.31 bits per heavy atom. The first kappa shape index (κ1) is 18.4. The molecule has 1 heterocycles. The SMILES string of the molecule is CCOP(=O)(OCC)Oc1ccc2c(=O)cc(-c3ccccc3)oc2c1. The summed E-state index contributed by atoms with van der Waals surface area (Å²) in [6.45, 7) is 3.75. The van der Waals surface area contributed by atoms with Crippen molar-refractivity contribution in [2.45, 2.75) is 13.8 Å². The predicted octanol–water partition coefficient (Wildman–Crippen LogP) is 5.02. The van der Waals surface area contributed by atoms with E-state index >= 15 is 0 Å². The Bertz CT molecular complexity index is 986. The summed E-state index contributed by atoms with van der Waals surface area (Å²) in [4.78, 5) is 12.4. The number of rotatable bonds is 7. The van der Waals surface area contributed by atoms with E-state index in [0.717, 1.165) is 5.56 Å². The van der Waals surface area contributed by atoms with Crippen LogP contribution >= 0.6 is 7.82 Å². The highest BCUT2D eigenvalue weighted by Crippen LogP contribution is 2.49. The molecule has 0 atom stereocenters. The Balaban J connectivity index is 2.02. The second-order valence-corrected chi connectivity index (χ2v) is 6.97. The van der Waals surface area contributed by atoms with Gasteiger partial charge in [0.2, 0.25) is 0 Å². The van der Waals surface area contributed by atoms with Crippen LogP contribution in [0.15, 0.2) is 63.8 Å². The number of phosphoric ester groups is 1. The van der Waals surface area contributed by atoms with Gasteiger partial charge < -0.3 is 8.94 Å². The Labute approximate surface area is 150 Å². The van der Waals surface area contributed by atoms with Crippen LogP contribution in [0.1, 0.15) is 13.8 Å². The molecule has 1 aromatic heterocycles. The van der Waals surface area contributed by atoms with E-state index in [1.165, 1.54) is 18.2 Å². The van der Waals surface area contributed by atoms with Crippen molar-refractivity contribution in [3.8, 4) is 17.1 Å². The summed E-state index contributed by atoms with van der Waals surface area (Å²) in [5.74, 6) is 0.675. The number of hydrogen-bond donors (Lipinski definition) is 0. The van der Waals surface area contributed by atoms with Crippen molar-refractivity contribution in [1.29, 1.82) is 0 Å². The fourth-order valence-electron chi connectivity index (χ4n) is 2.47. The van der Waals surface area contributed by atoms with Crippen LogP contribution < -0.4 is 9.95 Å². The summed E-state index contributed by atoms with van der Waals surface area (Å²) in [6, 6.07) is 15.4. The van der Waals surface area contributed by atoms with Crippen molar-refractivity contribution < 1.29 is 22.6 Å². The highest BCUT2D eigenvalue weighted by Gasteiger charge is 2.27. The van der Waals surface area contributed by atoms with Gasteiger partial charge in [-0.05, 0) is 26.0 Å². The Kier molecular flexibility index (Phi) is 5.57. The molecule has 2 aromatic carbocycles. The molecule has 0 amide bonds. The molecule has 0 saturated carbocycles. The van der Waals surface area contributed by atoms with Crippen LogP contribution in [0.25, 0.3) is 22.3 Å². The van der Waals surface area contributed by atoms with Crippen LogP contribution in [-0.4, -0.2) is 13.2 Å². The third kappa shape index (κ3) is 4.05. The predicted molar refractivity (Wildman–Crippen MR) is 99.4 cm³/mol. The van der Waals surface area contributed by atoms with E-state index in [2.05, 4.69) is 0 Å². The molecule has 0 radical (unpaired) electrons. The molecule has 0 aliphatic carbocycles. The van der Waals surface area contributed by atoms with Gasteiger partial charge in [0, 0.05) is 17.7 Å². The van der Waals surface area contributed by atoms with Crippen LogP contribution in [-0.2, 0) is 13.6 Å². The first-order valence-electron chi connectivity index (χ1n) is 8.26. The van der Waals surface area contributed by atoms with Crippen LogP contribution in [0.5, 0.6) is 5.75 Å². The summed E-state index contributed by atoms with van der Waals surface area (Å²) < 4.78 is 34.0. The molecule has 6 nitrogen and oxygen atoms in total. The van der Waals surface area contributed by atoms with E-state index in [0.29, 0.717) is 16.7 Å². The maximum absolute atomic E-state index is 12.5. The van der Waals surface area contributed by atoms with Crippen LogP contribution in [0, 0.1) is 0 Å². The highest BCUT2D eigenvalue weighted by atomic mass is 31.2. The average molecular weight is 374 g/mol. The molecule has 0 bridgehead atoms. The summed E-state index contributed by atoms with van der Waals surface area (Å²) in [7, 11) is -3.72. The monoisotopic (exact) mass is 374 g/mol. The summed E-state index contributed by atoms with van der Waals surface area (Å²) in [6.07, 6.45) is 0. The van der Waals surface area contributed by atoms with E-state index in [9.17, 15) is 9.36 Å². The molecular formula is C19H19O6P. The zero-order valence-electron chi connectivity index (χ0n) is 14.5. The topological polar surface area (TPSA) is 75.0 Å². The van der Waals surface area contributed by atoms with Crippen molar-refractivity contribution in [3.05, 3.63) is 64.8 Å². The molecule has 3 rings (SSSR count). The van der Waals surface area contributed by atoms with Crippen molar-refractivity contribution in [2.75, 3.05) is 13.2 Å². The number of fused-ring (bicyclic) bond motifs is 1.